The molecule has 0 radical (unpaired) electrons. The molecular formula is C23H14F6N2O3. The Hall–Kier alpha value is -4.02. The van der Waals surface area contributed by atoms with Crippen molar-refractivity contribution in [2.45, 2.75) is 13.1 Å². The first-order valence-corrected chi connectivity index (χ1v) is 9.61. The molecule has 0 fully saturated rings. The molecular weight excluding hydrogens is 466 g/mol. The van der Waals surface area contributed by atoms with Crippen molar-refractivity contribution in [1.82, 2.24) is 9.97 Å². The Morgan fingerprint density at radius 1 is 0.971 bits per heavy atom. The van der Waals surface area contributed by atoms with E-state index in [-0.39, 0.29) is 16.6 Å². The van der Waals surface area contributed by atoms with Crippen LogP contribution in [-0.2, 0) is 6.18 Å². The molecule has 0 aliphatic heterocycles. The Balaban J connectivity index is 1.98. The predicted octanol–water partition coefficient (Wildman–Crippen LogP) is 6.14. The zero-order valence-corrected chi connectivity index (χ0v) is 17.5. The third-order valence-electron chi connectivity index (χ3n) is 5.03. The van der Waals surface area contributed by atoms with Gasteiger partial charge in [0.25, 0.3) is 0 Å². The van der Waals surface area contributed by atoms with Crippen molar-refractivity contribution >= 4 is 10.9 Å². The van der Waals surface area contributed by atoms with Crippen LogP contribution in [0.3, 0.4) is 0 Å². The van der Waals surface area contributed by atoms with Crippen molar-refractivity contribution in [1.29, 1.82) is 0 Å². The first kappa shape index (κ1) is 23.1. The number of nitrogens with one attached hydrogen (secondary N) is 1. The fraction of sp³-hybridized carbons (Fsp3) is 0.130. The smallest absolute Gasteiger partial charge is 0.419 e. The van der Waals surface area contributed by atoms with E-state index in [2.05, 4.69) is 9.97 Å². The SMILES string of the molecule is COc1c(Oc2cc(C(F)(F)F)c(F)cc2-c2cc(=O)c3c(C)nccc3[nH]2)ccc(F)c1F. The van der Waals surface area contributed by atoms with Crippen LogP contribution in [0.5, 0.6) is 17.2 Å². The van der Waals surface area contributed by atoms with Crippen LogP contribution in [0.4, 0.5) is 26.3 Å². The van der Waals surface area contributed by atoms with Gasteiger partial charge in [0, 0.05) is 17.8 Å². The number of benzene rings is 2. The Labute approximate surface area is 187 Å². The largest absolute Gasteiger partial charge is 0.490 e. The van der Waals surface area contributed by atoms with Gasteiger partial charge in [-0.15, -0.1) is 0 Å². The van der Waals surface area contributed by atoms with Gasteiger partial charge in [0.15, 0.2) is 17.0 Å². The van der Waals surface area contributed by atoms with Gasteiger partial charge in [0.2, 0.25) is 11.6 Å². The van der Waals surface area contributed by atoms with Gasteiger partial charge in [-0.1, -0.05) is 0 Å². The van der Waals surface area contributed by atoms with Gasteiger partial charge in [-0.2, -0.15) is 17.6 Å². The standard InChI is InChI=1S/C23H14F6N2O3/c1-10-20-15(5-6-30-10)31-16(9-17(20)32)11-7-14(25)12(23(27,28)29)8-19(11)34-18-4-3-13(24)21(26)22(18)33-2/h3-9H,1-2H3,(H,31,32). The predicted molar refractivity (Wildman–Crippen MR) is 110 cm³/mol. The van der Waals surface area contributed by atoms with Crippen LogP contribution < -0.4 is 14.9 Å². The second-order valence-corrected chi connectivity index (χ2v) is 7.19. The fourth-order valence-corrected chi connectivity index (χ4v) is 3.48. The zero-order valence-electron chi connectivity index (χ0n) is 17.5. The van der Waals surface area contributed by atoms with Gasteiger partial charge < -0.3 is 14.5 Å². The third-order valence-corrected chi connectivity index (χ3v) is 5.03. The number of ether oxygens (including phenoxy) is 2. The number of methoxy groups -OCH3 is 1. The molecule has 4 aromatic rings. The summed E-state index contributed by atoms with van der Waals surface area (Å²) in [4.78, 5) is 19.5. The molecule has 0 aliphatic carbocycles. The van der Waals surface area contributed by atoms with E-state index in [1.165, 1.54) is 12.3 Å². The molecule has 1 N–H and O–H groups in total. The first-order chi connectivity index (χ1) is 16.0. The molecule has 2 aromatic heterocycles. The molecule has 0 unspecified atom stereocenters. The Morgan fingerprint density at radius 3 is 2.38 bits per heavy atom. The number of fused-ring (bicyclic) bond motifs is 1. The summed E-state index contributed by atoms with van der Waals surface area (Å²) in [6, 6.07) is 5.05. The summed E-state index contributed by atoms with van der Waals surface area (Å²) < 4.78 is 92.6. The summed E-state index contributed by atoms with van der Waals surface area (Å²) in [7, 11) is 1.01. The van der Waals surface area contributed by atoms with Crippen LogP contribution in [0.25, 0.3) is 22.2 Å². The number of aromatic nitrogens is 2. The van der Waals surface area contributed by atoms with E-state index in [0.717, 1.165) is 19.2 Å². The number of hydrogen-bond donors (Lipinski definition) is 1. The molecule has 0 saturated heterocycles. The van der Waals surface area contributed by atoms with Crippen molar-refractivity contribution in [3.05, 3.63) is 81.5 Å². The van der Waals surface area contributed by atoms with Gasteiger partial charge in [0.05, 0.1) is 35.0 Å². The van der Waals surface area contributed by atoms with Crippen LogP contribution in [0.2, 0.25) is 0 Å². The maximum Gasteiger partial charge on any atom is 0.419 e. The van der Waals surface area contributed by atoms with E-state index in [9.17, 15) is 31.1 Å². The van der Waals surface area contributed by atoms with Crippen LogP contribution in [-0.4, -0.2) is 17.1 Å². The summed E-state index contributed by atoms with van der Waals surface area (Å²) in [6.07, 6.45) is -3.67. The second kappa shape index (κ2) is 8.40. The molecule has 0 amide bonds. The van der Waals surface area contributed by atoms with Crippen molar-refractivity contribution in [2.24, 2.45) is 0 Å². The molecule has 0 spiro atoms. The Morgan fingerprint density at radius 2 is 1.71 bits per heavy atom. The van der Waals surface area contributed by atoms with E-state index >= 15 is 0 Å². The molecule has 4 rings (SSSR count). The normalized spacial score (nSPS) is 11.6. The van der Waals surface area contributed by atoms with Crippen LogP contribution in [0, 0.1) is 24.4 Å². The first-order valence-electron chi connectivity index (χ1n) is 9.61. The summed E-state index contributed by atoms with van der Waals surface area (Å²) in [5, 5.41) is 0.239. The van der Waals surface area contributed by atoms with E-state index in [1.807, 2.05) is 0 Å². The lowest BCUT2D eigenvalue weighted by molar-refractivity contribution is -0.140. The molecule has 34 heavy (non-hydrogen) atoms. The van der Waals surface area contributed by atoms with Gasteiger partial charge >= 0.3 is 6.18 Å². The number of aryl methyl sites for hydroxylation is 1. The highest BCUT2D eigenvalue weighted by Gasteiger charge is 2.36. The molecule has 2 heterocycles. The molecule has 176 valence electrons. The van der Waals surface area contributed by atoms with E-state index in [1.54, 1.807) is 6.92 Å². The minimum Gasteiger partial charge on any atom is -0.490 e. The second-order valence-electron chi connectivity index (χ2n) is 7.19. The summed E-state index contributed by atoms with van der Waals surface area (Å²) in [5.41, 5.74) is -1.82. The summed E-state index contributed by atoms with van der Waals surface area (Å²) in [6.45, 7) is 1.60. The number of H-pyrrole nitrogens is 1. The fourth-order valence-electron chi connectivity index (χ4n) is 3.48. The van der Waals surface area contributed by atoms with E-state index < -0.39 is 51.9 Å². The van der Waals surface area contributed by atoms with Crippen LogP contribution in [0.15, 0.2) is 47.4 Å². The molecule has 0 atom stereocenters. The number of aromatic amines is 1. The highest BCUT2D eigenvalue weighted by Crippen LogP contribution is 2.43. The number of halogens is 6. The average molecular weight is 480 g/mol. The van der Waals surface area contributed by atoms with Crippen LogP contribution >= 0.6 is 0 Å². The molecule has 5 nitrogen and oxygen atoms in total. The molecule has 11 heteroatoms. The molecule has 0 aliphatic rings. The number of rotatable bonds is 4. The Kier molecular flexibility index (Phi) is 5.72. The Bertz CT molecular complexity index is 1480. The third kappa shape index (κ3) is 4.04. The van der Waals surface area contributed by atoms with Gasteiger partial charge in [0.1, 0.15) is 11.6 Å². The molecule has 0 bridgehead atoms. The van der Waals surface area contributed by atoms with Crippen molar-refractivity contribution in [3.8, 4) is 28.5 Å². The zero-order chi connectivity index (χ0) is 24.8. The lowest BCUT2D eigenvalue weighted by Gasteiger charge is -2.17. The number of hydrogen-bond acceptors (Lipinski definition) is 4. The van der Waals surface area contributed by atoms with Gasteiger partial charge in [-0.25, -0.2) is 8.78 Å². The maximum atomic E-state index is 14.5. The van der Waals surface area contributed by atoms with Crippen LogP contribution in [0.1, 0.15) is 11.3 Å². The van der Waals surface area contributed by atoms with Crippen molar-refractivity contribution < 1.29 is 35.8 Å². The van der Waals surface area contributed by atoms with E-state index in [4.69, 9.17) is 9.47 Å². The topological polar surface area (TPSA) is 64.2 Å². The lowest BCUT2D eigenvalue weighted by Crippen LogP contribution is -2.10. The van der Waals surface area contributed by atoms with E-state index in [0.29, 0.717) is 29.4 Å². The highest BCUT2D eigenvalue weighted by molar-refractivity contribution is 5.84. The molecule has 2 aromatic carbocycles. The average Bonchev–Trinajstić information content (AvgIpc) is 2.76. The summed E-state index contributed by atoms with van der Waals surface area (Å²) >= 11 is 0. The number of nitrogens with zero attached hydrogens (tertiary/aromatic N) is 1. The van der Waals surface area contributed by atoms with Gasteiger partial charge in [-0.05, 0) is 37.3 Å². The quantitative estimate of drug-likeness (QED) is 0.357. The summed E-state index contributed by atoms with van der Waals surface area (Å²) in [5.74, 6) is -6.09. The maximum absolute atomic E-state index is 14.5. The molecule has 0 saturated carbocycles. The van der Waals surface area contributed by atoms with Gasteiger partial charge in [-0.3, -0.25) is 9.78 Å². The monoisotopic (exact) mass is 480 g/mol. The minimum absolute atomic E-state index is 0.0766. The lowest BCUT2D eigenvalue weighted by atomic mass is 10.0. The van der Waals surface area contributed by atoms with Crippen molar-refractivity contribution in [3.63, 3.8) is 0 Å². The number of pyridine rings is 2. The minimum atomic E-state index is -5.08. The van der Waals surface area contributed by atoms with Crippen molar-refractivity contribution in [2.75, 3.05) is 7.11 Å². The highest BCUT2D eigenvalue weighted by atomic mass is 19.4. The number of alkyl halides is 3.